The van der Waals surface area contributed by atoms with Crippen LogP contribution in [0, 0.1) is 5.92 Å². The number of nitrogens with zero attached hydrogens (tertiary/aromatic N) is 1. The Morgan fingerprint density at radius 1 is 1.35 bits per heavy atom. The molecular formula is C16H20N2O2. The number of hydrogen-bond acceptors (Lipinski definition) is 2. The highest BCUT2D eigenvalue weighted by atomic mass is 16.2. The van der Waals surface area contributed by atoms with Crippen LogP contribution in [-0.2, 0) is 9.59 Å². The lowest BCUT2D eigenvalue weighted by Crippen LogP contribution is -2.33. The first-order valence-electron chi connectivity index (χ1n) is 7.16. The van der Waals surface area contributed by atoms with Crippen molar-refractivity contribution >= 4 is 17.5 Å². The van der Waals surface area contributed by atoms with Crippen molar-refractivity contribution in [2.45, 2.75) is 39.5 Å². The first kappa shape index (κ1) is 14.4. The highest BCUT2D eigenvalue weighted by Crippen LogP contribution is 2.28. The van der Waals surface area contributed by atoms with Crippen LogP contribution in [0.5, 0.6) is 0 Å². The normalized spacial score (nSPS) is 23.0. The van der Waals surface area contributed by atoms with Gasteiger partial charge in [0, 0.05) is 24.1 Å². The van der Waals surface area contributed by atoms with E-state index in [-0.39, 0.29) is 17.7 Å². The fourth-order valence-electron chi connectivity index (χ4n) is 2.39. The van der Waals surface area contributed by atoms with Gasteiger partial charge in [-0.15, -0.1) is 0 Å². The van der Waals surface area contributed by atoms with E-state index in [0.717, 1.165) is 30.5 Å². The number of allylic oxidation sites excluding steroid dienone is 3. The zero-order valence-electron chi connectivity index (χ0n) is 12.0. The minimum Gasteiger partial charge on any atom is -0.325 e. The molecule has 20 heavy (non-hydrogen) atoms. The molecule has 0 aromatic heterocycles. The zero-order chi connectivity index (χ0) is 14.5. The number of carbonyl (C=O) groups is 2. The number of hydrogen-bond donors (Lipinski definition) is 1. The Bertz CT molecular complexity index is 539. The van der Waals surface area contributed by atoms with Crippen LogP contribution in [0.15, 0.2) is 40.6 Å². The van der Waals surface area contributed by atoms with Gasteiger partial charge in [-0.1, -0.05) is 31.9 Å². The molecule has 0 radical (unpaired) electrons. The van der Waals surface area contributed by atoms with Gasteiger partial charge >= 0.3 is 0 Å². The Balaban J connectivity index is 2.16. The largest absolute Gasteiger partial charge is 0.325 e. The van der Waals surface area contributed by atoms with Crippen LogP contribution >= 0.6 is 0 Å². The molecule has 0 fully saturated rings. The van der Waals surface area contributed by atoms with E-state index in [1.54, 1.807) is 12.2 Å². The molecule has 4 nitrogen and oxygen atoms in total. The quantitative estimate of drug-likeness (QED) is 0.855. The summed E-state index contributed by atoms with van der Waals surface area (Å²) in [6.45, 7) is 4.08. The van der Waals surface area contributed by atoms with Gasteiger partial charge in [-0.3, -0.25) is 9.59 Å². The number of nitrogens with one attached hydrogen (secondary N) is 1. The molecule has 1 aliphatic carbocycles. The predicted molar refractivity (Wildman–Crippen MR) is 79.2 cm³/mol. The Morgan fingerprint density at radius 3 is 2.85 bits per heavy atom. The number of amides is 2. The highest BCUT2D eigenvalue weighted by molar-refractivity contribution is 6.11. The first-order valence-corrected chi connectivity index (χ1v) is 7.16. The molecule has 0 aromatic rings. The summed E-state index contributed by atoms with van der Waals surface area (Å²) in [5.74, 6) is -0.0890. The lowest BCUT2D eigenvalue weighted by Gasteiger charge is -2.26. The number of rotatable bonds is 4. The van der Waals surface area contributed by atoms with Crippen molar-refractivity contribution in [1.82, 2.24) is 5.32 Å². The highest BCUT2D eigenvalue weighted by Gasteiger charge is 2.25. The van der Waals surface area contributed by atoms with Gasteiger partial charge in [0.25, 0.3) is 0 Å². The zero-order valence-corrected chi connectivity index (χ0v) is 12.0. The van der Waals surface area contributed by atoms with E-state index in [1.807, 2.05) is 26.0 Å². The summed E-state index contributed by atoms with van der Waals surface area (Å²) < 4.78 is 0. The molecule has 1 heterocycles. The smallest absolute Gasteiger partial charge is 0.248 e. The molecule has 106 valence electrons. The molecule has 2 aliphatic rings. The summed E-state index contributed by atoms with van der Waals surface area (Å²) in [7, 11) is 0. The fourth-order valence-corrected chi connectivity index (χ4v) is 2.39. The van der Waals surface area contributed by atoms with Gasteiger partial charge in [0.05, 0.1) is 5.71 Å². The fraction of sp³-hybridized carbons (Fsp3) is 0.438. The van der Waals surface area contributed by atoms with Crippen molar-refractivity contribution in [3.05, 3.63) is 35.6 Å². The number of aliphatic imine (C=N–C) groups is 1. The van der Waals surface area contributed by atoms with Gasteiger partial charge in [-0.2, -0.15) is 0 Å². The Hall–Kier alpha value is -1.97. The third-order valence-electron chi connectivity index (χ3n) is 3.49. The number of unbranched alkanes of at least 4 members (excludes halogenated alkanes) is 1. The van der Waals surface area contributed by atoms with Crippen LogP contribution in [0.1, 0.15) is 39.5 Å². The van der Waals surface area contributed by atoms with Crippen molar-refractivity contribution in [2.24, 2.45) is 10.9 Å². The average Bonchev–Trinajstić information content (AvgIpc) is 2.43. The van der Waals surface area contributed by atoms with E-state index in [0.29, 0.717) is 12.1 Å². The molecule has 0 spiro atoms. The van der Waals surface area contributed by atoms with E-state index < -0.39 is 0 Å². The van der Waals surface area contributed by atoms with E-state index in [9.17, 15) is 9.59 Å². The molecule has 4 heteroatoms. The van der Waals surface area contributed by atoms with Crippen LogP contribution in [0.2, 0.25) is 0 Å². The second-order valence-corrected chi connectivity index (χ2v) is 5.03. The molecular weight excluding hydrogens is 252 g/mol. The molecule has 0 aromatic carbocycles. The molecule has 1 unspecified atom stereocenters. The lowest BCUT2D eigenvalue weighted by atomic mass is 9.86. The maximum atomic E-state index is 11.7. The van der Waals surface area contributed by atoms with Gasteiger partial charge in [0.15, 0.2) is 0 Å². The van der Waals surface area contributed by atoms with Crippen LogP contribution in [0.4, 0.5) is 0 Å². The maximum absolute atomic E-state index is 11.7. The monoisotopic (exact) mass is 272 g/mol. The van der Waals surface area contributed by atoms with Gasteiger partial charge in [-0.25, -0.2) is 4.99 Å². The van der Waals surface area contributed by atoms with Crippen molar-refractivity contribution < 1.29 is 9.59 Å². The van der Waals surface area contributed by atoms with E-state index >= 15 is 0 Å². The van der Waals surface area contributed by atoms with E-state index in [2.05, 4.69) is 10.3 Å². The van der Waals surface area contributed by atoms with Crippen LogP contribution in [0.25, 0.3) is 0 Å². The minimum atomic E-state index is -0.102. The van der Waals surface area contributed by atoms with Gasteiger partial charge in [0.2, 0.25) is 11.8 Å². The van der Waals surface area contributed by atoms with Crippen LogP contribution in [-0.4, -0.2) is 17.5 Å². The standard InChI is InChI=1S/C16H20N2O2/c1-3-5-6-15(19)17-12-7-8-13-11(4-2)9-16(20)18-14(13)10-12/h7-10,13H,3-6H2,1-2H3,(H,18,20). The second kappa shape index (κ2) is 6.46. The minimum absolute atomic E-state index is 0.101. The molecule has 2 amide bonds. The molecule has 1 N–H and O–H groups in total. The van der Waals surface area contributed by atoms with Crippen molar-refractivity contribution in [3.63, 3.8) is 0 Å². The van der Waals surface area contributed by atoms with Crippen molar-refractivity contribution in [3.8, 4) is 0 Å². The molecule has 0 saturated heterocycles. The van der Waals surface area contributed by atoms with Crippen LogP contribution in [0.3, 0.4) is 0 Å². The average molecular weight is 272 g/mol. The van der Waals surface area contributed by atoms with Crippen molar-refractivity contribution in [1.29, 1.82) is 0 Å². The number of fused-ring (bicyclic) bond motifs is 1. The molecule has 0 saturated carbocycles. The number of carbonyl (C=O) groups excluding carboxylic acids is 2. The van der Waals surface area contributed by atoms with Gasteiger partial charge in [0.1, 0.15) is 0 Å². The SMILES string of the molecule is CCCCC(=O)N=C1C=CC2C(CC)=CC(=O)NC2=C1. The summed E-state index contributed by atoms with van der Waals surface area (Å²) in [6.07, 6.45) is 10.5. The molecule has 0 bridgehead atoms. The van der Waals surface area contributed by atoms with E-state index in [1.165, 1.54) is 0 Å². The third-order valence-corrected chi connectivity index (χ3v) is 3.49. The summed E-state index contributed by atoms with van der Waals surface area (Å²) >= 11 is 0. The third kappa shape index (κ3) is 3.32. The van der Waals surface area contributed by atoms with E-state index in [4.69, 9.17) is 0 Å². The summed E-state index contributed by atoms with van der Waals surface area (Å²) in [4.78, 5) is 27.3. The van der Waals surface area contributed by atoms with Crippen LogP contribution < -0.4 is 5.32 Å². The van der Waals surface area contributed by atoms with Gasteiger partial charge < -0.3 is 5.32 Å². The Morgan fingerprint density at radius 2 is 2.15 bits per heavy atom. The molecule has 2 rings (SSSR count). The summed E-state index contributed by atoms with van der Waals surface area (Å²) in [5.41, 5.74) is 2.53. The molecule has 1 atom stereocenters. The molecule has 1 aliphatic heterocycles. The van der Waals surface area contributed by atoms with Gasteiger partial charge in [-0.05, 0) is 25.0 Å². The lowest BCUT2D eigenvalue weighted by molar-refractivity contribution is -0.118. The summed E-state index contributed by atoms with van der Waals surface area (Å²) in [6, 6.07) is 0. The maximum Gasteiger partial charge on any atom is 0.248 e. The first-order chi connectivity index (χ1) is 9.63. The topological polar surface area (TPSA) is 58.5 Å². The Kier molecular flexibility index (Phi) is 4.66. The Labute approximate surface area is 119 Å². The second-order valence-electron chi connectivity index (χ2n) is 5.03. The van der Waals surface area contributed by atoms with Crippen molar-refractivity contribution in [2.75, 3.05) is 0 Å². The summed E-state index contributed by atoms with van der Waals surface area (Å²) in [5, 5.41) is 2.83. The predicted octanol–water partition coefficient (Wildman–Crippen LogP) is 2.68.